The minimum Gasteiger partial charge on any atom is -0.321 e. The normalized spacial score (nSPS) is 10.5. The SMILES string of the molecule is O=C(Nc1ccccc1[N+](=O)[O-])c1ccc(-c2ccc(-c3ccccc3)cc2)[nH]c1=O. The molecule has 2 N–H and O–H groups in total. The number of pyridine rings is 1. The van der Waals surface area contributed by atoms with E-state index in [-0.39, 0.29) is 16.9 Å². The van der Waals surface area contributed by atoms with Crippen LogP contribution in [-0.4, -0.2) is 15.8 Å². The van der Waals surface area contributed by atoms with Gasteiger partial charge in [-0.1, -0.05) is 66.7 Å². The summed E-state index contributed by atoms with van der Waals surface area (Å²) < 4.78 is 0. The Balaban J connectivity index is 1.57. The van der Waals surface area contributed by atoms with E-state index in [1.54, 1.807) is 12.1 Å². The van der Waals surface area contributed by atoms with E-state index in [0.717, 1.165) is 16.7 Å². The number of nitro benzene ring substituents is 1. The maximum absolute atomic E-state index is 12.5. The summed E-state index contributed by atoms with van der Waals surface area (Å²) in [4.78, 5) is 38.2. The highest BCUT2D eigenvalue weighted by Crippen LogP contribution is 2.25. The molecule has 0 fully saturated rings. The summed E-state index contributed by atoms with van der Waals surface area (Å²) in [5.74, 6) is -0.721. The molecule has 0 atom stereocenters. The molecule has 31 heavy (non-hydrogen) atoms. The van der Waals surface area contributed by atoms with Crippen LogP contribution >= 0.6 is 0 Å². The van der Waals surface area contributed by atoms with Gasteiger partial charge in [-0.05, 0) is 34.9 Å². The Bertz CT molecular complexity index is 1310. The Hall–Kier alpha value is -4.52. The zero-order chi connectivity index (χ0) is 21.8. The van der Waals surface area contributed by atoms with Gasteiger partial charge < -0.3 is 10.3 Å². The lowest BCUT2D eigenvalue weighted by atomic mass is 10.0. The highest BCUT2D eigenvalue weighted by molar-refractivity contribution is 6.05. The molecular weight excluding hydrogens is 394 g/mol. The van der Waals surface area contributed by atoms with E-state index >= 15 is 0 Å². The van der Waals surface area contributed by atoms with E-state index < -0.39 is 16.4 Å². The van der Waals surface area contributed by atoms with Gasteiger partial charge in [0.1, 0.15) is 11.3 Å². The van der Waals surface area contributed by atoms with Crippen molar-refractivity contribution in [2.75, 3.05) is 5.32 Å². The molecule has 7 heteroatoms. The second-order valence-electron chi connectivity index (χ2n) is 6.79. The molecule has 4 rings (SSSR count). The number of nitrogens with one attached hydrogen (secondary N) is 2. The fourth-order valence-electron chi connectivity index (χ4n) is 3.22. The highest BCUT2D eigenvalue weighted by Gasteiger charge is 2.18. The number of hydrogen-bond donors (Lipinski definition) is 2. The monoisotopic (exact) mass is 411 g/mol. The summed E-state index contributed by atoms with van der Waals surface area (Å²) in [6, 6.07) is 26.4. The van der Waals surface area contributed by atoms with Gasteiger partial charge in [0.05, 0.1) is 4.92 Å². The zero-order valence-electron chi connectivity index (χ0n) is 16.2. The first kappa shape index (κ1) is 19.8. The van der Waals surface area contributed by atoms with Crippen LogP contribution in [0.15, 0.2) is 95.8 Å². The predicted molar refractivity (Wildman–Crippen MR) is 119 cm³/mol. The first-order chi connectivity index (χ1) is 15.0. The van der Waals surface area contributed by atoms with Crippen molar-refractivity contribution in [1.82, 2.24) is 4.98 Å². The second kappa shape index (κ2) is 8.46. The topological polar surface area (TPSA) is 105 Å². The fraction of sp³-hybridized carbons (Fsp3) is 0. The lowest BCUT2D eigenvalue weighted by Gasteiger charge is -2.08. The van der Waals surface area contributed by atoms with Crippen LogP contribution in [0.3, 0.4) is 0 Å². The summed E-state index contributed by atoms with van der Waals surface area (Å²) in [7, 11) is 0. The van der Waals surface area contributed by atoms with Crippen molar-refractivity contribution in [2.45, 2.75) is 0 Å². The van der Waals surface area contributed by atoms with Crippen molar-refractivity contribution in [2.24, 2.45) is 0 Å². The van der Waals surface area contributed by atoms with Crippen molar-refractivity contribution >= 4 is 17.3 Å². The minimum absolute atomic E-state index is 0.0254. The van der Waals surface area contributed by atoms with Gasteiger partial charge >= 0.3 is 0 Å². The number of para-hydroxylation sites is 2. The summed E-state index contributed by atoms with van der Waals surface area (Å²) in [6.07, 6.45) is 0. The van der Waals surface area contributed by atoms with E-state index in [2.05, 4.69) is 10.3 Å². The number of hydrogen-bond acceptors (Lipinski definition) is 4. The highest BCUT2D eigenvalue weighted by atomic mass is 16.6. The summed E-state index contributed by atoms with van der Waals surface area (Å²) in [5, 5.41) is 13.5. The number of anilines is 1. The number of carbonyl (C=O) groups excluding carboxylic acids is 1. The molecule has 0 saturated carbocycles. The molecule has 0 spiro atoms. The molecule has 1 amide bonds. The Morgan fingerprint density at radius 2 is 1.39 bits per heavy atom. The second-order valence-corrected chi connectivity index (χ2v) is 6.79. The number of rotatable bonds is 5. The van der Waals surface area contributed by atoms with Crippen LogP contribution in [0.2, 0.25) is 0 Å². The van der Waals surface area contributed by atoms with Crippen LogP contribution in [-0.2, 0) is 0 Å². The first-order valence-electron chi connectivity index (χ1n) is 9.47. The zero-order valence-corrected chi connectivity index (χ0v) is 16.2. The van der Waals surface area contributed by atoms with Crippen LogP contribution in [0, 0.1) is 10.1 Å². The molecule has 3 aromatic carbocycles. The molecule has 0 unspecified atom stereocenters. The van der Waals surface area contributed by atoms with Crippen molar-refractivity contribution < 1.29 is 9.72 Å². The van der Waals surface area contributed by atoms with E-state index in [4.69, 9.17) is 0 Å². The fourth-order valence-corrected chi connectivity index (χ4v) is 3.22. The predicted octanol–water partition coefficient (Wildman–Crippen LogP) is 4.87. The van der Waals surface area contributed by atoms with Gasteiger partial charge in [-0.25, -0.2) is 0 Å². The molecule has 0 bridgehead atoms. The van der Waals surface area contributed by atoms with E-state index in [9.17, 15) is 19.7 Å². The third kappa shape index (κ3) is 4.25. The lowest BCUT2D eigenvalue weighted by molar-refractivity contribution is -0.383. The molecule has 7 nitrogen and oxygen atoms in total. The van der Waals surface area contributed by atoms with Gasteiger partial charge in [-0.15, -0.1) is 0 Å². The molecule has 4 aromatic rings. The van der Waals surface area contributed by atoms with Crippen molar-refractivity contribution in [3.8, 4) is 22.4 Å². The van der Waals surface area contributed by atoms with E-state index in [1.165, 1.54) is 24.3 Å². The number of nitro groups is 1. The Kier molecular flexibility index (Phi) is 5.40. The summed E-state index contributed by atoms with van der Waals surface area (Å²) in [5.41, 5.74) is 2.55. The molecular formula is C24H17N3O4. The van der Waals surface area contributed by atoms with Crippen molar-refractivity contribution in [3.05, 3.63) is 117 Å². The number of amides is 1. The molecule has 0 aliphatic heterocycles. The van der Waals surface area contributed by atoms with Gasteiger partial charge in [-0.3, -0.25) is 19.7 Å². The van der Waals surface area contributed by atoms with Gasteiger partial charge in [0, 0.05) is 11.8 Å². The largest absolute Gasteiger partial charge is 0.321 e. The third-order valence-corrected chi connectivity index (χ3v) is 4.81. The number of carbonyl (C=O) groups is 1. The molecule has 0 aliphatic rings. The van der Waals surface area contributed by atoms with Gasteiger partial charge in [-0.2, -0.15) is 0 Å². The molecule has 1 heterocycles. The van der Waals surface area contributed by atoms with Crippen LogP contribution in [0.1, 0.15) is 10.4 Å². The van der Waals surface area contributed by atoms with E-state index in [1.807, 2.05) is 54.6 Å². The standard InChI is InChI=1S/C24H17N3O4/c28-23-19(24(29)26-21-8-4-5-9-22(21)27(30)31)14-15-20(25-23)18-12-10-17(11-13-18)16-6-2-1-3-7-16/h1-15H,(H,25,28)(H,26,29). The van der Waals surface area contributed by atoms with E-state index in [0.29, 0.717) is 5.69 Å². The maximum atomic E-state index is 12.5. The summed E-state index contributed by atoms with van der Waals surface area (Å²) >= 11 is 0. The minimum atomic E-state index is -0.721. The molecule has 0 saturated heterocycles. The Morgan fingerprint density at radius 1 is 0.774 bits per heavy atom. The Labute approximate surface area is 177 Å². The third-order valence-electron chi connectivity index (χ3n) is 4.81. The van der Waals surface area contributed by atoms with Gasteiger partial charge in [0.2, 0.25) is 0 Å². The van der Waals surface area contributed by atoms with Gasteiger partial charge in [0.15, 0.2) is 0 Å². The summed E-state index contributed by atoms with van der Waals surface area (Å²) in [6.45, 7) is 0. The number of H-pyrrole nitrogens is 1. The Morgan fingerprint density at radius 3 is 2.06 bits per heavy atom. The van der Waals surface area contributed by atoms with Crippen molar-refractivity contribution in [1.29, 1.82) is 0 Å². The average Bonchev–Trinajstić information content (AvgIpc) is 2.80. The number of benzene rings is 3. The van der Waals surface area contributed by atoms with Crippen LogP contribution in [0.5, 0.6) is 0 Å². The number of aromatic amines is 1. The van der Waals surface area contributed by atoms with Crippen LogP contribution in [0.25, 0.3) is 22.4 Å². The van der Waals surface area contributed by atoms with Crippen molar-refractivity contribution in [3.63, 3.8) is 0 Å². The average molecular weight is 411 g/mol. The maximum Gasteiger partial charge on any atom is 0.292 e. The van der Waals surface area contributed by atoms with Crippen LogP contribution < -0.4 is 10.9 Å². The molecule has 1 aromatic heterocycles. The smallest absolute Gasteiger partial charge is 0.292 e. The van der Waals surface area contributed by atoms with Gasteiger partial charge in [0.25, 0.3) is 17.2 Å². The lowest BCUT2D eigenvalue weighted by Crippen LogP contribution is -2.23. The first-order valence-corrected chi connectivity index (χ1v) is 9.47. The number of nitrogens with zero attached hydrogens (tertiary/aromatic N) is 1. The number of aromatic nitrogens is 1. The van der Waals surface area contributed by atoms with Crippen LogP contribution in [0.4, 0.5) is 11.4 Å². The molecule has 0 aliphatic carbocycles. The molecule has 152 valence electrons. The quantitative estimate of drug-likeness (QED) is 0.361. The molecule has 0 radical (unpaired) electrons.